The minimum absolute atomic E-state index is 0.124. The van der Waals surface area contributed by atoms with Gasteiger partial charge < -0.3 is 9.84 Å². The van der Waals surface area contributed by atoms with Crippen LogP contribution in [0.3, 0.4) is 0 Å². The van der Waals surface area contributed by atoms with E-state index in [9.17, 15) is 9.90 Å². The van der Waals surface area contributed by atoms with Gasteiger partial charge in [-0.3, -0.25) is 4.79 Å². The van der Waals surface area contributed by atoms with Crippen LogP contribution in [0.4, 0.5) is 0 Å². The summed E-state index contributed by atoms with van der Waals surface area (Å²) >= 11 is 0. The van der Waals surface area contributed by atoms with Gasteiger partial charge in [0.2, 0.25) is 0 Å². The standard InChI is InChI=1S/C10H18O3/c1-8-7-9(11)5-3-2-4-6-10(12)13-8/h8-9,11H,2-7H2,1H3. The van der Waals surface area contributed by atoms with Crippen molar-refractivity contribution in [2.45, 2.75) is 57.7 Å². The predicted octanol–water partition coefficient (Wildman–Crippen LogP) is 1.63. The van der Waals surface area contributed by atoms with E-state index in [1.54, 1.807) is 0 Å². The average Bonchev–Trinajstić information content (AvgIpc) is 2.02. The second-order valence-electron chi connectivity index (χ2n) is 3.79. The second kappa shape index (κ2) is 5.22. The molecule has 1 aliphatic rings. The number of esters is 1. The van der Waals surface area contributed by atoms with Gasteiger partial charge >= 0.3 is 5.97 Å². The Bertz CT molecular complexity index is 168. The first-order chi connectivity index (χ1) is 6.18. The number of cyclic esters (lactones) is 1. The number of aliphatic hydroxyl groups excluding tert-OH is 1. The summed E-state index contributed by atoms with van der Waals surface area (Å²) in [5, 5.41) is 9.50. The van der Waals surface area contributed by atoms with Gasteiger partial charge in [-0.1, -0.05) is 12.8 Å². The van der Waals surface area contributed by atoms with Crippen molar-refractivity contribution in [3.05, 3.63) is 0 Å². The summed E-state index contributed by atoms with van der Waals surface area (Å²) in [5.74, 6) is -0.124. The molecule has 0 aromatic rings. The molecule has 76 valence electrons. The van der Waals surface area contributed by atoms with Gasteiger partial charge in [-0.05, 0) is 19.8 Å². The van der Waals surface area contributed by atoms with Gasteiger partial charge in [-0.25, -0.2) is 0 Å². The first kappa shape index (κ1) is 10.5. The lowest BCUT2D eigenvalue weighted by Crippen LogP contribution is -2.22. The summed E-state index contributed by atoms with van der Waals surface area (Å²) in [4.78, 5) is 11.1. The molecule has 1 aliphatic heterocycles. The van der Waals surface area contributed by atoms with E-state index in [2.05, 4.69) is 0 Å². The van der Waals surface area contributed by atoms with E-state index < -0.39 is 0 Å². The van der Waals surface area contributed by atoms with E-state index >= 15 is 0 Å². The third-order valence-electron chi connectivity index (χ3n) is 2.35. The summed E-state index contributed by atoms with van der Waals surface area (Å²) in [5.41, 5.74) is 0. The summed E-state index contributed by atoms with van der Waals surface area (Å²) in [6.07, 6.45) is 4.41. The Kier molecular flexibility index (Phi) is 4.22. The van der Waals surface area contributed by atoms with Gasteiger partial charge in [0, 0.05) is 12.8 Å². The maximum Gasteiger partial charge on any atom is 0.306 e. The van der Waals surface area contributed by atoms with Gasteiger partial charge in [0.15, 0.2) is 0 Å². The van der Waals surface area contributed by atoms with Crippen LogP contribution in [0.25, 0.3) is 0 Å². The van der Waals surface area contributed by atoms with Crippen molar-refractivity contribution in [2.24, 2.45) is 0 Å². The highest BCUT2D eigenvalue weighted by molar-refractivity contribution is 5.69. The smallest absolute Gasteiger partial charge is 0.306 e. The molecule has 1 fully saturated rings. The lowest BCUT2D eigenvalue weighted by molar-refractivity contribution is -0.149. The normalized spacial score (nSPS) is 32.3. The van der Waals surface area contributed by atoms with E-state index in [-0.39, 0.29) is 18.2 Å². The molecule has 0 saturated carbocycles. The third kappa shape index (κ3) is 4.27. The Morgan fingerprint density at radius 1 is 1.38 bits per heavy atom. The number of carbonyl (C=O) groups is 1. The summed E-state index contributed by atoms with van der Waals surface area (Å²) in [6.45, 7) is 1.84. The Balaban J connectivity index is 2.39. The third-order valence-corrected chi connectivity index (χ3v) is 2.35. The van der Waals surface area contributed by atoms with Crippen molar-refractivity contribution in [1.82, 2.24) is 0 Å². The van der Waals surface area contributed by atoms with Crippen LogP contribution in [-0.4, -0.2) is 23.3 Å². The fourth-order valence-corrected chi connectivity index (χ4v) is 1.66. The lowest BCUT2D eigenvalue weighted by atomic mass is 10.0. The number of hydrogen-bond acceptors (Lipinski definition) is 3. The Morgan fingerprint density at radius 2 is 2.15 bits per heavy atom. The zero-order valence-electron chi connectivity index (χ0n) is 8.16. The fraction of sp³-hybridized carbons (Fsp3) is 0.900. The van der Waals surface area contributed by atoms with Gasteiger partial charge in [0.05, 0.1) is 6.10 Å². The number of carbonyl (C=O) groups excluding carboxylic acids is 1. The van der Waals surface area contributed by atoms with Crippen molar-refractivity contribution < 1.29 is 14.6 Å². The molecule has 1 rings (SSSR count). The molecular formula is C10H18O3. The van der Waals surface area contributed by atoms with Crippen LogP contribution in [0.5, 0.6) is 0 Å². The van der Waals surface area contributed by atoms with Crippen LogP contribution >= 0.6 is 0 Å². The second-order valence-corrected chi connectivity index (χ2v) is 3.79. The molecule has 0 spiro atoms. The molecule has 3 nitrogen and oxygen atoms in total. The van der Waals surface area contributed by atoms with E-state index in [1.165, 1.54) is 0 Å². The molecule has 2 unspecified atom stereocenters. The van der Waals surface area contributed by atoms with Gasteiger partial charge in [-0.15, -0.1) is 0 Å². The topological polar surface area (TPSA) is 46.5 Å². The monoisotopic (exact) mass is 186 g/mol. The van der Waals surface area contributed by atoms with Crippen LogP contribution in [0.1, 0.15) is 45.4 Å². The Labute approximate surface area is 79.1 Å². The minimum Gasteiger partial charge on any atom is -0.463 e. The fourth-order valence-electron chi connectivity index (χ4n) is 1.66. The van der Waals surface area contributed by atoms with Crippen molar-refractivity contribution in [2.75, 3.05) is 0 Å². The molecule has 0 radical (unpaired) electrons. The molecule has 0 aromatic heterocycles. The van der Waals surface area contributed by atoms with E-state index in [1.807, 2.05) is 6.92 Å². The Morgan fingerprint density at radius 3 is 2.92 bits per heavy atom. The van der Waals surface area contributed by atoms with Crippen molar-refractivity contribution in [1.29, 1.82) is 0 Å². The van der Waals surface area contributed by atoms with Crippen LogP contribution in [-0.2, 0) is 9.53 Å². The number of hydrogen-bond donors (Lipinski definition) is 1. The molecule has 13 heavy (non-hydrogen) atoms. The molecule has 0 aromatic carbocycles. The molecular weight excluding hydrogens is 168 g/mol. The molecule has 0 aliphatic carbocycles. The summed E-state index contributed by atoms with van der Waals surface area (Å²) in [7, 11) is 0. The number of ether oxygens (including phenoxy) is 1. The quantitative estimate of drug-likeness (QED) is 0.585. The van der Waals surface area contributed by atoms with Crippen LogP contribution < -0.4 is 0 Å². The van der Waals surface area contributed by atoms with Gasteiger partial charge in [0.25, 0.3) is 0 Å². The highest BCUT2D eigenvalue weighted by Crippen LogP contribution is 2.14. The first-order valence-corrected chi connectivity index (χ1v) is 5.06. The van der Waals surface area contributed by atoms with Crippen LogP contribution in [0.2, 0.25) is 0 Å². The van der Waals surface area contributed by atoms with E-state index in [0.29, 0.717) is 12.8 Å². The number of aliphatic hydroxyl groups is 1. The molecule has 3 heteroatoms. The maximum atomic E-state index is 11.1. The zero-order valence-corrected chi connectivity index (χ0v) is 8.16. The first-order valence-electron chi connectivity index (χ1n) is 5.06. The van der Waals surface area contributed by atoms with Crippen molar-refractivity contribution >= 4 is 5.97 Å². The summed E-state index contributed by atoms with van der Waals surface area (Å²) in [6, 6.07) is 0. The lowest BCUT2D eigenvalue weighted by Gasteiger charge is -2.18. The predicted molar refractivity (Wildman–Crippen MR) is 49.3 cm³/mol. The molecule has 1 N–H and O–H groups in total. The average molecular weight is 186 g/mol. The van der Waals surface area contributed by atoms with E-state index in [0.717, 1.165) is 25.7 Å². The molecule has 1 heterocycles. The van der Waals surface area contributed by atoms with Crippen molar-refractivity contribution in [3.8, 4) is 0 Å². The van der Waals surface area contributed by atoms with Gasteiger partial charge in [-0.2, -0.15) is 0 Å². The highest BCUT2D eigenvalue weighted by Gasteiger charge is 2.15. The SMILES string of the molecule is CC1CC(O)CCCCCC(=O)O1. The maximum absolute atomic E-state index is 11.1. The van der Waals surface area contributed by atoms with Crippen LogP contribution in [0, 0.1) is 0 Å². The van der Waals surface area contributed by atoms with E-state index in [4.69, 9.17) is 4.74 Å². The zero-order chi connectivity index (χ0) is 9.68. The Hall–Kier alpha value is -0.570. The minimum atomic E-state index is -0.305. The molecule has 1 saturated heterocycles. The largest absolute Gasteiger partial charge is 0.463 e. The highest BCUT2D eigenvalue weighted by atomic mass is 16.5. The summed E-state index contributed by atoms with van der Waals surface area (Å²) < 4.78 is 5.10. The number of rotatable bonds is 0. The van der Waals surface area contributed by atoms with Crippen LogP contribution in [0.15, 0.2) is 0 Å². The van der Waals surface area contributed by atoms with Gasteiger partial charge in [0.1, 0.15) is 6.10 Å². The van der Waals surface area contributed by atoms with Crippen molar-refractivity contribution in [3.63, 3.8) is 0 Å². The molecule has 0 amide bonds. The molecule has 2 atom stereocenters. The molecule has 0 bridgehead atoms.